The second kappa shape index (κ2) is 5.87. The summed E-state index contributed by atoms with van der Waals surface area (Å²) in [7, 11) is 0. The van der Waals surface area contributed by atoms with Crippen LogP contribution < -0.4 is 5.32 Å². The average Bonchev–Trinajstić information content (AvgIpc) is 2.99. The van der Waals surface area contributed by atoms with Crippen molar-refractivity contribution in [3.05, 3.63) is 23.2 Å². The van der Waals surface area contributed by atoms with E-state index in [0.717, 1.165) is 11.5 Å². The van der Waals surface area contributed by atoms with E-state index in [2.05, 4.69) is 38.8 Å². The Morgan fingerprint density at radius 1 is 1.53 bits per heavy atom. The van der Waals surface area contributed by atoms with Crippen LogP contribution in [0.3, 0.4) is 0 Å². The predicted molar refractivity (Wildman–Crippen MR) is 70.8 cm³/mol. The van der Waals surface area contributed by atoms with E-state index in [1.165, 1.54) is 6.33 Å². The highest BCUT2D eigenvalue weighted by Crippen LogP contribution is 2.11. The van der Waals surface area contributed by atoms with Gasteiger partial charge in [0, 0.05) is 0 Å². The highest BCUT2D eigenvalue weighted by Gasteiger charge is 2.20. The van der Waals surface area contributed by atoms with Gasteiger partial charge in [0.2, 0.25) is 0 Å². The van der Waals surface area contributed by atoms with Crippen molar-refractivity contribution in [2.45, 2.75) is 33.4 Å². The Bertz CT molecular complexity index is 535. The molecule has 1 unspecified atom stereocenters. The molecule has 1 N–H and O–H groups in total. The first-order valence-electron chi connectivity index (χ1n) is 6.00. The third kappa shape index (κ3) is 3.34. The van der Waals surface area contributed by atoms with E-state index in [9.17, 15) is 4.79 Å². The normalized spacial score (nSPS) is 12.6. The number of hydrogen-bond donors (Lipinski definition) is 1. The second-order valence-electron chi connectivity index (χ2n) is 4.63. The van der Waals surface area contributed by atoms with Gasteiger partial charge in [-0.15, -0.1) is 5.10 Å². The van der Waals surface area contributed by atoms with Crippen LogP contribution in [0, 0.1) is 12.8 Å². The zero-order chi connectivity index (χ0) is 13.8. The predicted octanol–water partition coefficient (Wildman–Crippen LogP) is 0.893. The highest BCUT2D eigenvalue weighted by molar-refractivity contribution is 7.08. The first-order valence-corrected chi connectivity index (χ1v) is 6.77. The molecule has 0 radical (unpaired) electrons. The van der Waals surface area contributed by atoms with Crippen LogP contribution in [0.2, 0.25) is 0 Å². The lowest BCUT2D eigenvalue weighted by atomic mass is 10.0. The van der Waals surface area contributed by atoms with Crippen molar-refractivity contribution in [1.29, 1.82) is 0 Å². The standard InChI is InChI=1S/C11H16N6OS/c1-7(2)9(4-17-6-12-5-13-17)14-11(18)10-8(3)15-16-19-10/h5-7,9H,4H2,1-3H3,(H,14,18). The molecule has 2 heterocycles. The smallest absolute Gasteiger partial charge is 0.265 e. The number of nitrogens with one attached hydrogen (secondary N) is 1. The number of carbonyl (C=O) groups excluding carboxylic acids is 1. The molecule has 2 aromatic heterocycles. The molecule has 0 saturated heterocycles. The van der Waals surface area contributed by atoms with Gasteiger partial charge in [-0.25, -0.2) is 4.98 Å². The Morgan fingerprint density at radius 2 is 2.32 bits per heavy atom. The Labute approximate surface area is 115 Å². The molecular formula is C11H16N6OS. The van der Waals surface area contributed by atoms with Gasteiger partial charge in [0.15, 0.2) is 0 Å². The topological polar surface area (TPSA) is 85.6 Å². The minimum absolute atomic E-state index is 0.0179. The van der Waals surface area contributed by atoms with Gasteiger partial charge in [0.05, 0.1) is 18.3 Å². The summed E-state index contributed by atoms with van der Waals surface area (Å²) in [6.07, 6.45) is 3.12. The van der Waals surface area contributed by atoms with Crippen LogP contribution >= 0.6 is 11.5 Å². The van der Waals surface area contributed by atoms with Gasteiger partial charge >= 0.3 is 0 Å². The van der Waals surface area contributed by atoms with E-state index in [0.29, 0.717) is 17.1 Å². The molecule has 19 heavy (non-hydrogen) atoms. The first kappa shape index (κ1) is 13.6. The van der Waals surface area contributed by atoms with E-state index in [1.807, 2.05) is 0 Å². The van der Waals surface area contributed by atoms with Gasteiger partial charge in [0.25, 0.3) is 5.91 Å². The average molecular weight is 280 g/mol. The molecule has 0 aliphatic rings. The maximum absolute atomic E-state index is 12.1. The minimum Gasteiger partial charge on any atom is -0.346 e. The van der Waals surface area contributed by atoms with Crippen molar-refractivity contribution in [2.75, 3.05) is 0 Å². The molecule has 7 nitrogen and oxygen atoms in total. The summed E-state index contributed by atoms with van der Waals surface area (Å²) in [6.45, 7) is 6.48. The van der Waals surface area contributed by atoms with Crippen molar-refractivity contribution >= 4 is 17.4 Å². The van der Waals surface area contributed by atoms with Gasteiger partial charge < -0.3 is 5.32 Å². The van der Waals surface area contributed by atoms with Crippen LogP contribution in [0.4, 0.5) is 0 Å². The Morgan fingerprint density at radius 3 is 2.84 bits per heavy atom. The maximum atomic E-state index is 12.1. The van der Waals surface area contributed by atoms with Crippen LogP contribution in [-0.2, 0) is 6.54 Å². The lowest BCUT2D eigenvalue weighted by Gasteiger charge is -2.21. The quantitative estimate of drug-likeness (QED) is 0.879. The van der Waals surface area contributed by atoms with Gasteiger partial charge in [0.1, 0.15) is 17.5 Å². The molecular weight excluding hydrogens is 264 g/mol. The fourth-order valence-electron chi connectivity index (χ4n) is 1.63. The summed E-state index contributed by atoms with van der Waals surface area (Å²) in [5.41, 5.74) is 0.658. The van der Waals surface area contributed by atoms with E-state index < -0.39 is 0 Å². The largest absolute Gasteiger partial charge is 0.346 e. The molecule has 2 aromatic rings. The molecule has 0 saturated carbocycles. The van der Waals surface area contributed by atoms with E-state index in [1.54, 1.807) is 17.9 Å². The first-order chi connectivity index (χ1) is 9.08. The fraction of sp³-hybridized carbons (Fsp3) is 0.545. The molecule has 0 bridgehead atoms. The third-order valence-corrected chi connectivity index (χ3v) is 3.66. The van der Waals surface area contributed by atoms with Crippen molar-refractivity contribution < 1.29 is 4.79 Å². The number of aryl methyl sites for hydroxylation is 1. The van der Waals surface area contributed by atoms with Gasteiger partial charge in [-0.05, 0) is 24.4 Å². The van der Waals surface area contributed by atoms with E-state index >= 15 is 0 Å². The number of aromatic nitrogens is 5. The summed E-state index contributed by atoms with van der Waals surface area (Å²) >= 11 is 1.11. The summed E-state index contributed by atoms with van der Waals surface area (Å²) in [5, 5.41) is 10.9. The summed E-state index contributed by atoms with van der Waals surface area (Å²) in [6, 6.07) is -0.0179. The number of rotatable bonds is 5. The second-order valence-corrected chi connectivity index (χ2v) is 5.38. The highest BCUT2D eigenvalue weighted by atomic mass is 32.1. The zero-order valence-electron chi connectivity index (χ0n) is 11.1. The van der Waals surface area contributed by atoms with Crippen LogP contribution in [0.5, 0.6) is 0 Å². The van der Waals surface area contributed by atoms with E-state index in [4.69, 9.17) is 0 Å². The van der Waals surface area contributed by atoms with Gasteiger partial charge in [-0.2, -0.15) is 5.10 Å². The molecule has 1 amide bonds. The van der Waals surface area contributed by atoms with Crippen LogP contribution in [0.15, 0.2) is 12.7 Å². The molecule has 8 heteroatoms. The molecule has 0 aliphatic heterocycles. The maximum Gasteiger partial charge on any atom is 0.265 e. The number of hydrogen-bond acceptors (Lipinski definition) is 6. The Kier molecular flexibility index (Phi) is 4.20. The lowest BCUT2D eigenvalue weighted by molar-refractivity contribution is 0.0922. The molecule has 2 rings (SSSR count). The van der Waals surface area contributed by atoms with Crippen LogP contribution in [0.25, 0.3) is 0 Å². The zero-order valence-corrected chi connectivity index (χ0v) is 11.9. The van der Waals surface area contributed by atoms with Crippen LogP contribution in [0.1, 0.15) is 29.2 Å². The molecule has 0 spiro atoms. The number of carbonyl (C=O) groups is 1. The number of amides is 1. The van der Waals surface area contributed by atoms with Gasteiger partial charge in [-0.1, -0.05) is 18.3 Å². The fourth-order valence-corrected chi connectivity index (χ4v) is 2.19. The van der Waals surface area contributed by atoms with Gasteiger partial charge in [-0.3, -0.25) is 9.48 Å². The summed E-state index contributed by atoms with van der Waals surface area (Å²) < 4.78 is 5.48. The van der Waals surface area contributed by atoms with Crippen molar-refractivity contribution in [1.82, 2.24) is 29.7 Å². The molecule has 102 valence electrons. The minimum atomic E-state index is -0.133. The molecule has 0 aromatic carbocycles. The molecule has 0 fully saturated rings. The summed E-state index contributed by atoms with van der Waals surface area (Å²) in [4.78, 5) is 16.6. The van der Waals surface area contributed by atoms with E-state index in [-0.39, 0.29) is 17.9 Å². The molecule has 1 atom stereocenters. The lowest BCUT2D eigenvalue weighted by Crippen LogP contribution is -2.41. The Balaban J connectivity index is 2.05. The monoisotopic (exact) mass is 280 g/mol. The van der Waals surface area contributed by atoms with Crippen molar-refractivity contribution in [3.8, 4) is 0 Å². The summed E-state index contributed by atoms with van der Waals surface area (Å²) in [5.74, 6) is 0.153. The molecule has 0 aliphatic carbocycles. The van der Waals surface area contributed by atoms with Crippen molar-refractivity contribution in [3.63, 3.8) is 0 Å². The van der Waals surface area contributed by atoms with Crippen LogP contribution in [-0.4, -0.2) is 36.3 Å². The Hall–Kier alpha value is -1.83. The van der Waals surface area contributed by atoms with Crippen molar-refractivity contribution in [2.24, 2.45) is 5.92 Å². The number of nitrogens with zero attached hydrogens (tertiary/aromatic N) is 5. The third-order valence-electron chi connectivity index (χ3n) is 2.83. The SMILES string of the molecule is Cc1nnsc1C(=O)NC(Cn1cncn1)C(C)C.